The standard InChI is InChI=1S/C38H44F6N6O6/c39-37(40,41)29-7-5-27(31(23-29)47-11-1-2-12-47)25-45-15-19-49(20-16-45)35(53)55-33(51)9-10-34(52)56-36(54)50-21-17-46(18-22-50)26-28-6-8-30(38(42,43)44)24-32(28)48-13-3-4-14-48/h5-10,23-24H,1-4,11-22,25-26H2/b10-9+. The number of anilines is 2. The third kappa shape index (κ3) is 10.5. The van der Waals surface area contributed by atoms with Crippen LogP contribution in [-0.4, -0.2) is 122 Å². The Morgan fingerprint density at radius 3 is 1.18 bits per heavy atom. The highest BCUT2D eigenvalue weighted by Crippen LogP contribution is 2.37. The number of rotatable bonds is 8. The van der Waals surface area contributed by atoms with E-state index in [-0.39, 0.29) is 26.2 Å². The van der Waals surface area contributed by atoms with Gasteiger partial charge in [0.1, 0.15) is 0 Å². The molecule has 0 atom stereocenters. The van der Waals surface area contributed by atoms with Gasteiger partial charge in [-0.25, -0.2) is 19.2 Å². The number of ether oxygens (including phenoxy) is 2. The second-order valence-corrected chi connectivity index (χ2v) is 14.3. The molecule has 18 heteroatoms. The van der Waals surface area contributed by atoms with E-state index in [1.807, 2.05) is 19.6 Å². The van der Waals surface area contributed by atoms with Crippen molar-refractivity contribution in [1.82, 2.24) is 19.6 Å². The van der Waals surface area contributed by atoms with Gasteiger partial charge in [-0.15, -0.1) is 0 Å². The van der Waals surface area contributed by atoms with Crippen LogP contribution in [0.1, 0.15) is 47.9 Å². The number of nitrogens with zero attached hydrogens (tertiary/aromatic N) is 6. The van der Waals surface area contributed by atoms with Crippen molar-refractivity contribution in [2.45, 2.75) is 51.1 Å². The van der Waals surface area contributed by atoms with E-state index < -0.39 is 47.6 Å². The van der Waals surface area contributed by atoms with Crippen LogP contribution in [0.3, 0.4) is 0 Å². The van der Waals surface area contributed by atoms with Crippen LogP contribution >= 0.6 is 0 Å². The highest BCUT2D eigenvalue weighted by Gasteiger charge is 2.34. The van der Waals surface area contributed by atoms with Gasteiger partial charge in [0, 0.05) is 115 Å². The third-order valence-corrected chi connectivity index (χ3v) is 10.5. The molecule has 2 amide bonds. The average Bonchev–Trinajstić information content (AvgIpc) is 3.90. The molecule has 0 bridgehead atoms. The maximum absolute atomic E-state index is 13.4. The molecular formula is C38H44F6N6O6. The summed E-state index contributed by atoms with van der Waals surface area (Å²) in [4.78, 5) is 60.4. The lowest BCUT2D eigenvalue weighted by Gasteiger charge is -2.34. The summed E-state index contributed by atoms with van der Waals surface area (Å²) in [6, 6.07) is 7.55. The molecule has 56 heavy (non-hydrogen) atoms. The molecule has 4 fully saturated rings. The van der Waals surface area contributed by atoms with E-state index >= 15 is 0 Å². The first-order valence-corrected chi connectivity index (χ1v) is 18.7. The molecule has 0 N–H and O–H groups in total. The minimum atomic E-state index is -4.45. The molecule has 12 nitrogen and oxygen atoms in total. The lowest BCUT2D eigenvalue weighted by molar-refractivity contribution is -0.138. The van der Waals surface area contributed by atoms with Gasteiger partial charge in [0.15, 0.2) is 0 Å². The molecule has 0 spiro atoms. The van der Waals surface area contributed by atoms with Crippen LogP contribution < -0.4 is 9.80 Å². The quantitative estimate of drug-likeness (QED) is 0.142. The highest BCUT2D eigenvalue weighted by atomic mass is 19.4. The maximum atomic E-state index is 13.4. The van der Waals surface area contributed by atoms with Gasteiger partial charge in [-0.05, 0) is 61.1 Å². The lowest BCUT2D eigenvalue weighted by Crippen LogP contribution is -2.49. The Bertz CT molecular complexity index is 1650. The highest BCUT2D eigenvalue weighted by molar-refractivity contribution is 5.98. The first kappa shape index (κ1) is 40.8. The fourth-order valence-corrected chi connectivity index (χ4v) is 7.42. The Hall–Kier alpha value is -4.84. The molecule has 0 saturated carbocycles. The lowest BCUT2D eigenvalue weighted by atomic mass is 10.1. The fourth-order valence-electron chi connectivity index (χ4n) is 7.42. The largest absolute Gasteiger partial charge is 0.417 e. The van der Waals surface area contributed by atoms with Crippen molar-refractivity contribution in [3.63, 3.8) is 0 Å². The average molecular weight is 795 g/mol. The summed E-state index contributed by atoms with van der Waals surface area (Å²) in [6.07, 6.45) is -5.80. The van der Waals surface area contributed by atoms with Crippen molar-refractivity contribution in [3.8, 4) is 0 Å². The van der Waals surface area contributed by atoms with Crippen molar-refractivity contribution >= 4 is 35.5 Å². The Labute approximate surface area is 320 Å². The second kappa shape index (κ2) is 17.5. The maximum Gasteiger partial charge on any atom is 0.417 e. The molecule has 2 aromatic rings. The van der Waals surface area contributed by atoms with Crippen LogP contribution in [0.25, 0.3) is 0 Å². The van der Waals surface area contributed by atoms with Gasteiger partial charge >= 0.3 is 36.5 Å². The van der Waals surface area contributed by atoms with E-state index in [0.717, 1.165) is 48.9 Å². The summed E-state index contributed by atoms with van der Waals surface area (Å²) in [6.45, 7) is 5.82. The van der Waals surface area contributed by atoms with Crippen LogP contribution in [0.4, 0.5) is 47.3 Å². The smallest absolute Gasteiger partial charge is 0.373 e. The summed E-state index contributed by atoms with van der Waals surface area (Å²) in [5.41, 5.74) is 1.22. The van der Waals surface area contributed by atoms with Crippen LogP contribution in [0.15, 0.2) is 48.6 Å². The Kier molecular flexibility index (Phi) is 12.8. The number of amides is 2. The van der Waals surface area contributed by atoms with Crippen LogP contribution in [0, 0.1) is 0 Å². The number of piperazine rings is 2. The zero-order chi connectivity index (χ0) is 40.0. The predicted octanol–water partition coefficient (Wildman–Crippen LogP) is 5.74. The van der Waals surface area contributed by atoms with Crippen LogP contribution in [0.2, 0.25) is 0 Å². The van der Waals surface area contributed by atoms with Crippen molar-refractivity contribution in [1.29, 1.82) is 0 Å². The van der Waals surface area contributed by atoms with Crippen molar-refractivity contribution < 1.29 is 55.0 Å². The summed E-state index contributed by atoms with van der Waals surface area (Å²) in [5.74, 6) is -2.29. The van der Waals surface area contributed by atoms with Gasteiger partial charge < -0.3 is 29.1 Å². The second-order valence-electron chi connectivity index (χ2n) is 14.3. The van der Waals surface area contributed by atoms with E-state index in [1.54, 1.807) is 0 Å². The fraction of sp³-hybridized carbons (Fsp3) is 0.526. The molecule has 6 rings (SSSR count). The number of carbonyl (C=O) groups is 4. The number of hydrogen-bond donors (Lipinski definition) is 0. The van der Waals surface area contributed by atoms with Gasteiger partial charge in [0.25, 0.3) is 0 Å². The molecule has 0 aromatic heterocycles. The molecule has 4 aliphatic rings. The molecule has 4 saturated heterocycles. The predicted molar refractivity (Wildman–Crippen MR) is 192 cm³/mol. The first-order valence-electron chi connectivity index (χ1n) is 18.7. The van der Waals surface area contributed by atoms with Gasteiger partial charge in [0.2, 0.25) is 0 Å². The summed E-state index contributed by atoms with van der Waals surface area (Å²) in [5, 5.41) is 0. The van der Waals surface area contributed by atoms with E-state index in [9.17, 15) is 45.5 Å². The SMILES string of the molecule is O=C(/C=C/C(=O)OC(=O)N1CCN(Cc2ccc(C(F)(F)F)cc2N2CCCC2)CC1)OC(=O)N1CCN(Cc2ccc(C(F)(F)F)cc2N2CCCC2)CC1. The van der Waals surface area contributed by atoms with Gasteiger partial charge in [0.05, 0.1) is 11.1 Å². The molecule has 4 heterocycles. The number of hydrogen-bond acceptors (Lipinski definition) is 10. The summed E-state index contributed by atoms with van der Waals surface area (Å²) < 4.78 is 90.2. The topological polar surface area (TPSA) is 106 Å². The van der Waals surface area contributed by atoms with Gasteiger partial charge in [-0.2, -0.15) is 26.3 Å². The molecule has 2 aromatic carbocycles. The monoisotopic (exact) mass is 794 g/mol. The molecule has 0 radical (unpaired) electrons. The number of esters is 2. The Balaban J connectivity index is 0.917. The third-order valence-electron chi connectivity index (χ3n) is 10.5. The van der Waals surface area contributed by atoms with Crippen LogP contribution in [-0.2, 0) is 44.5 Å². The molecule has 304 valence electrons. The Morgan fingerprint density at radius 2 is 0.857 bits per heavy atom. The zero-order valence-electron chi connectivity index (χ0n) is 30.7. The number of alkyl halides is 6. The normalized spacial score (nSPS) is 18.9. The van der Waals surface area contributed by atoms with Gasteiger partial charge in [-0.1, -0.05) is 12.1 Å². The molecule has 0 aliphatic carbocycles. The van der Waals surface area contributed by atoms with E-state index in [2.05, 4.69) is 0 Å². The van der Waals surface area contributed by atoms with Crippen LogP contribution in [0.5, 0.6) is 0 Å². The molecule has 0 unspecified atom stereocenters. The van der Waals surface area contributed by atoms with Gasteiger partial charge in [-0.3, -0.25) is 9.80 Å². The van der Waals surface area contributed by atoms with Crippen molar-refractivity contribution in [2.24, 2.45) is 0 Å². The van der Waals surface area contributed by atoms with E-state index in [4.69, 9.17) is 9.47 Å². The number of halogens is 6. The minimum Gasteiger partial charge on any atom is -0.373 e. The van der Waals surface area contributed by atoms with Crippen molar-refractivity contribution in [3.05, 3.63) is 70.8 Å². The zero-order valence-corrected chi connectivity index (χ0v) is 30.7. The Morgan fingerprint density at radius 1 is 0.518 bits per heavy atom. The van der Waals surface area contributed by atoms with E-state index in [0.29, 0.717) is 89.0 Å². The van der Waals surface area contributed by atoms with Crippen molar-refractivity contribution in [2.75, 3.05) is 88.3 Å². The molecular weight excluding hydrogens is 750 g/mol. The summed E-state index contributed by atoms with van der Waals surface area (Å²) in [7, 11) is 0. The number of benzene rings is 2. The first-order chi connectivity index (χ1) is 26.6. The minimum absolute atomic E-state index is 0.198. The summed E-state index contributed by atoms with van der Waals surface area (Å²) >= 11 is 0. The van der Waals surface area contributed by atoms with E-state index in [1.165, 1.54) is 34.1 Å². The molecule has 4 aliphatic heterocycles. The number of carbonyl (C=O) groups excluding carboxylic acids is 4.